The van der Waals surface area contributed by atoms with Gasteiger partial charge in [0.2, 0.25) is 5.82 Å². The summed E-state index contributed by atoms with van der Waals surface area (Å²) in [5.41, 5.74) is 4.77. The standard InChI is InChI=1S/C12H15N5/c1-7-4-3-5-9-6-13-8(2)11(10(7)9)12-14-16-17-15-12/h6-7H,3-5H2,1-2H3,(H,14,15,16,17). The fourth-order valence-electron chi connectivity index (χ4n) is 2.72. The molecule has 2 aromatic rings. The Kier molecular flexibility index (Phi) is 2.39. The van der Waals surface area contributed by atoms with Crippen LogP contribution < -0.4 is 0 Å². The van der Waals surface area contributed by atoms with Crippen molar-refractivity contribution >= 4 is 0 Å². The fourth-order valence-corrected chi connectivity index (χ4v) is 2.72. The summed E-state index contributed by atoms with van der Waals surface area (Å²) in [5.74, 6) is 1.22. The lowest BCUT2D eigenvalue weighted by atomic mass is 9.81. The van der Waals surface area contributed by atoms with Crippen molar-refractivity contribution in [2.75, 3.05) is 0 Å². The van der Waals surface area contributed by atoms with Crippen molar-refractivity contribution in [3.05, 3.63) is 23.0 Å². The Labute approximate surface area is 99.7 Å². The molecule has 5 nitrogen and oxygen atoms in total. The van der Waals surface area contributed by atoms with Gasteiger partial charge in [0.05, 0.1) is 0 Å². The predicted octanol–water partition coefficient (Wildman–Crippen LogP) is 2.01. The third-order valence-corrected chi connectivity index (χ3v) is 3.54. The molecule has 1 unspecified atom stereocenters. The SMILES string of the molecule is Cc1ncc2c(c1-c1nn[nH]n1)C(C)CCC2. The van der Waals surface area contributed by atoms with Gasteiger partial charge in [0, 0.05) is 17.5 Å². The molecule has 1 atom stereocenters. The largest absolute Gasteiger partial charge is 0.261 e. The van der Waals surface area contributed by atoms with Crippen LogP contribution in [0.1, 0.15) is 42.5 Å². The van der Waals surface area contributed by atoms with Gasteiger partial charge in [-0.2, -0.15) is 5.21 Å². The van der Waals surface area contributed by atoms with E-state index in [9.17, 15) is 0 Å². The highest BCUT2D eigenvalue weighted by Gasteiger charge is 2.24. The minimum absolute atomic E-state index is 0.550. The predicted molar refractivity (Wildman–Crippen MR) is 63.5 cm³/mol. The summed E-state index contributed by atoms with van der Waals surface area (Å²) in [6, 6.07) is 0. The van der Waals surface area contributed by atoms with E-state index in [4.69, 9.17) is 0 Å². The number of hydrogen-bond donors (Lipinski definition) is 1. The van der Waals surface area contributed by atoms with E-state index in [2.05, 4.69) is 32.5 Å². The maximum atomic E-state index is 4.46. The minimum atomic E-state index is 0.550. The molecule has 17 heavy (non-hydrogen) atoms. The third-order valence-electron chi connectivity index (χ3n) is 3.54. The second kappa shape index (κ2) is 3.91. The number of tetrazole rings is 1. The highest BCUT2D eigenvalue weighted by Crippen LogP contribution is 2.37. The van der Waals surface area contributed by atoms with Crippen LogP contribution in [0.4, 0.5) is 0 Å². The molecule has 1 aliphatic rings. The van der Waals surface area contributed by atoms with Crippen LogP contribution in [0.3, 0.4) is 0 Å². The van der Waals surface area contributed by atoms with Crippen molar-refractivity contribution in [3.63, 3.8) is 0 Å². The van der Waals surface area contributed by atoms with Gasteiger partial charge in [0.1, 0.15) is 0 Å². The molecule has 1 N–H and O–H groups in total. The van der Waals surface area contributed by atoms with E-state index < -0.39 is 0 Å². The molecule has 0 amide bonds. The first-order valence-corrected chi connectivity index (χ1v) is 5.99. The number of nitrogens with one attached hydrogen (secondary N) is 1. The van der Waals surface area contributed by atoms with Gasteiger partial charge in [-0.1, -0.05) is 6.92 Å². The zero-order valence-corrected chi connectivity index (χ0v) is 10.1. The Morgan fingerprint density at radius 1 is 1.41 bits per heavy atom. The number of fused-ring (bicyclic) bond motifs is 1. The second-order valence-electron chi connectivity index (χ2n) is 4.69. The van der Waals surface area contributed by atoms with E-state index >= 15 is 0 Å². The number of pyridine rings is 1. The lowest BCUT2D eigenvalue weighted by molar-refractivity contribution is 0.588. The molecule has 0 fully saturated rings. The van der Waals surface area contributed by atoms with E-state index in [1.165, 1.54) is 24.0 Å². The molecule has 3 rings (SSSR count). The highest BCUT2D eigenvalue weighted by atomic mass is 15.5. The lowest BCUT2D eigenvalue weighted by Crippen LogP contribution is -2.11. The van der Waals surface area contributed by atoms with Gasteiger partial charge in [-0.3, -0.25) is 4.98 Å². The Morgan fingerprint density at radius 3 is 3.06 bits per heavy atom. The molecule has 0 saturated heterocycles. The first-order valence-electron chi connectivity index (χ1n) is 5.99. The number of aromatic nitrogens is 5. The van der Waals surface area contributed by atoms with Crippen LogP contribution in [0, 0.1) is 6.92 Å². The number of rotatable bonds is 1. The fraction of sp³-hybridized carbons (Fsp3) is 0.500. The Balaban J connectivity index is 2.26. The molecule has 0 aliphatic heterocycles. The van der Waals surface area contributed by atoms with Crippen LogP contribution in [0.25, 0.3) is 11.4 Å². The Morgan fingerprint density at radius 2 is 2.29 bits per heavy atom. The van der Waals surface area contributed by atoms with E-state index in [1.807, 2.05) is 13.1 Å². The Hall–Kier alpha value is -1.78. The monoisotopic (exact) mass is 229 g/mol. The van der Waals surface area contributed by atoms with Gasteiger partial charge in [0.15, 0.2) is 0 Å². The summed E-state index contributed by atoms with van der Waals surface area (Å²) in [5, 5.41) is 14.4. The van der Waals surface area contributed by atoms with E-state index in [0.29, 0.717) is 11.7 Å². The molecule has 0 radical (unpaired) electrons. The van der Waals surface area contributed by atoms with Crippen LogP contribution >= 0.6 is 0 Å². The quantitative estimate of drug-likeness (QED) is 0.812. The maximum Gasteiger partial charge on any atom is 0.206 e. The summed E-state index contributed by atoms with van der Waals surface area (Å²) in [6.45, 7) is 4.27. The Bertz CT molecular complexity index is 532. The van der Waals surface area contributed by atoms with E-state index in [0.717, 1.165) is 17.7 Å². The first-order chi connectivity index (χ1) is 8.27. The van der Waals surface area contributed by atoms with Crippen LogP contribution in [0.2, 0.25) is 0 Å². The molecule has 0 bridgehead atoms. The summed E-state index contributed by atoms with van der Waals surface area (Å²) >= 11 is 0. The molecule has 0 spiro atoms. The zero-order valence-electron chi connectivity index (χ0n) is 10.1. The average Bonchev–Trinajstić information content (AvgIpc) is 2.83. The van der Waals surface area contributed by atoms with Crippen molar-refractivity contribution in [3.8, 4) is 11.4 Å². The van der Waals surface area contributed by atoms with Crippen molar-refractivity contribution < 1.29 is 0 Å². The third kappa shape index (κ3) is 1.62. The topological polar surface area (TPSA) is 67.3 Å². The molecule has 0 aromatic carbocycles. The van der Waals surface area contributed by atoms with E-state index in [1.54, 1.807) is 0 Å². The molecular weight excluding hydrogens is 214 g/mol. The number of H-pyrrole nitrogens is 1. The summed E-state index contributed by atoms with van der Waals surface area (Å²) in [4.78, 5) is 4.46. The van der Waals surface area contributed by atoms with Crippen molar-refractivity contribution in [2.45, 2.75) is 39.0 Å². The van der Waals surface area contributed by atoms with Gasteiger partial charge in [0.25, 0.3) is 0 Å². The molecule has 5 heteroatoms. The number of aryl methyl sites for hydroxylation is 2. The molecule has 88 valence electrons. The molecular formula is C12H15N5. The van der Waals surface area contributed by atoms with Gasteiger partial charge in [-0.05, 0) is 48.4 Å². The maximum absolute atomic E-state index is 4.46. The van der Waals surface area contributed by atoms with Crippen LogP contribution in [-0.2, 0) is 6.42 Å². The van der Waals surface area contributed by atoms with Crippen molar-refractivity contribution in [2.24, 2.45) is 0 Å². The molecule has 2 aromatic heterocycles. The van der Waals surface area contributed by atoms with E-state index in [-0.39, 0.29) is 0 Å². The van der Waals surface area contributed by atoms with Crippen molar-refractivity contribution in [1.29, 1.82) is 0 Å². The molecule has 2 heterocycles. The first kappa shape index (κ1) is 10.4. The number of hydrogen-bond acceptors (Lipinski definition) is 4. The number of aromatic amines is 1. The summed E-state index contributed by atoms with van der Waals surface area (Å²) < 4.78 is 0. The molecule has 1 aliphatic carbocycles. The van der Waals surface area contributed by atoms with Crippen molar-refractivity contribution in [1.82, 2.24) is 25.6 Å². The smallest absolute Gasteiger partial charge is 0.206 e. The van der Waals surface area contributed by atoms with Gasteiger partial charge >= 0.3 is 0 Å². The average molecular weight is 229 g/mol. The van der Waals surface area contributed by atoms with Crippen LogP contribution in [-0.4, -0.2) is 25.6 Å². The zero-order chi connectivity index (χ0) is 11.8. The minimum Gasteiger partial charge on any atom is -0.261 e. The van der Waals surface area contributed by atoms with Gasteiger partial charge in [-0.25, -0.2) is 0 Å². The highest BCUT2D eigenvalue weighted by molar-refractivity contribution is 5.65. The van der Waals surface area contributed by atoms with Crippen LogP contribution in [0.15, 0.2) is 6.20 Å². The van der Waals surface area contributed by atoms with Gasteiger partial charge < -0.3 is 0 Å². The van der Waals surface area contributed by atoms with Gasteiger partial charge in [-0.15, -0.1) is 10.2 Å². The molecule has 0 saturated carbocycles. The normalized spacial score (nSPS) is 19.1. The van der Waals surface area contributed by atoms with Crippen LogP contribution in [0.5, 0.6) is 0 Å². The second-order valence-corrected chi connectivity index (χ2v) is 4.69. The number of nitrogens with zero attached hydrogens (tertiary/aromatic N) is 4. The summed E-state index contributed by atoms with van der Waals surface area (Å²) in [6.07, 6.45) is 5.58. The summed E-state index contributed by atoms with van der Waals surface area (Å²) in [7, 11) is 0. The lowest BCUT2D eigenvalue weighted by Gasteiger charge is -2.24.